The van der Waals surface area contributed by atoms with Gasteiger partial charge in [0.2, 0.25) is 0 Å². The fourth-order valence-electron chi connectivity index (χ4n) is 3.97. The molecule has 0 N–H and O–H groups in total. The van der Waals surface area contributed by atoms with Gasteiger partial charge in [-0.25, -0.2) is 19.0 Å². The standard InChI is InChI=1S/C26H28FN3O4/c1-6-33-24(31)22-12-19(27)7-8-20(22)21-11-18(15-30-16(2)28-13-23(21)30)17-9-10-29(14-17)25(32)34-26(3,4)5/h7-9,11-13,15H,6,10,14H2,1-5H3. The summed E-state index contributed by atoms with van der Waals surface area (Å²) in [4.78, 5) is 31.2. The Kier molecular flexibility index (Phi) is 6.17. The van der Waals surface area contributed by atoms with Crippen molar-refractivity contribution < 1.29 is 23.5 Å². The van der Waals surface area contributed by atoms with Gasteiger partial charge >= 0.3 is 12.1 Å². The van der Waals surface area contributed by atoms with Crippen LogP contribution in [0.1, 0.15) is 49.4 Å². The predicted octanol–water partition coefficient (Wildman–Crippen LogP) is 5.26. The number of amides is 1. The van der Waals surface area contributed by atoms with E-state index in [4.69, 9.17) is 9.47 Å². The number of esters is 1. The molecule has 0 unspecified atom stereocenters. The Morgan fingerprint density at radius 3 is 2.65 bits per heavy atom. The van der Waals surface area contributed by atoms with Crippen LogP contribution in [0.15, 0.2) is 42.7 Å². The second kappa shape index (κ2) is 8.93. The molecule has 0 bridgehead atoms. The minimum absolute atomic E-state index is 0.149. The van der Waals surface area contributed by atoms with E-state index >= 15 is 0 Å². The summed E-state index contributed by atoms with van der Waals surface area (Å²) in [5, 5.41) is 0. The van der Waals surface area contributed by atoms with E-state index in [-0.39, 0.29) is 18.3 Å². The lowest BCUT2D eigenvalue weighted by Crippen LogP contribution is -2.35. The smallest absolute Gasteiger partial charge is 0.410 e. The topological polar surface area (TPSA) is 73.1 Å². The molecule has 0 radical (unpaired) electrons. The summed E-state index contributed by atoms with van der Waals surface area (Å²) in [6.07, 6.45) is 5.29. The van der Waals surface area contributed by atoms with E-state index in [1.165, 1.54) is 12.1 Å². The van der Waals surface area contributed by atoms with Gasteiger partial charge in [0, 0.05) is 24.8 Å². The van der Waals surface area contributed by atoms with Crippen molar-refractivity contribution in [3.63, 3.8) is 0 Å². The summed E-state index contributed by atoms with van der Waals surface area (Å²) in [6.45, 7) is 10.1. The number of nitrogens with zero attached hydrogens (tertiary/aromatic N) is 3. The van der Waals surface area contributed by atoms with E-state index in [1.807, 2.05) is 50.4 Å². The Labute approximate surface area is 197 Å². The third-order valence-electron chi connectivity index (χ3n) is 5.53. The van der Waals surface area contributed by atoms with Crippen LogP contribution >= 0.6 is 0 Å². The lowest BCUT2D eigenvalue weighted by atomic mass is 9.96. The normalized spacial score (nSPS) is 13.8. The number of hydrogen-bond donors (Lipinski definition) is 0. The van der Waals surface area contributed by atoms with Crippen molar-refractivity contribution in [1.82, 2.24) is 14.3 Å². The first-order valence-electron chi connectivity index (χ1n) is 11.2. The third-order valence-corrected chi connectivity index (χ3v) is 5.53. The molecule has 0 saturated carbocycles. The van der Waals surface area contributed by atoms with E-state index in [1.54, 1.807) is 24.1 Å². The summed E-state index contributed by atoms with van der Waals surface area (Å²) in [7, 11) is 0. The molecule has 1 aliphatic heterocycles. The maximum atomic E-state index is 14.1. The monoisotopic (exact) mass is 465 g/mol. The average molecular weight is 466 g/mol. The van der Waals surface area contributed by atoms with Gasteiger partial charge in [0.25, 0.3) is 0 Å². The summed E-state index contributed by atoms with van der Waals surface area (Å²) < 4.78 is 26.7. The van der Waals surface area contributed by atoms with Gasteiger partial charge in [0.05, 0.1) is 23.9 Å². The van der Waals surface area contributed by atoms with Gasteiger partial charge in [-0.3, -0.25) is 0 Å². The summed E-state index contributed by atoms with van der Waals surface area (Å²) in [5.41, 5.74) is 3.44. The van der Waals surface area contributed by atoms with Gasteiger partial charge in [-0.1, -0.05) is 12.1 Å². The van der Waals surface area contributed by atoms with Crippen LogP contribution in [0.5, 0.6) is 0 Å². The number of fused-ring (bicyclic) bond motifs is 1. The first-order valence-corrected chi connectivity index (χ1v) is 11.2. The van der Waals surface area contributed by atoms with Crippen molar-refractivity contribution in [2.24, 2.45) is 0 Å². The van der Waals surface area contributed by atoms with Crippen LogP contribution in [0.25, 0.3) is 22.2 Å². The lowest BCUT2D eigenvalue weighted by Gasteiger charge is -2.24. The van der Waals surface area contributed by atoms with Gasteiger partial charge in [-0.2, -0.15) is 0 Å². The van der Waals surface area contributed by atoms with Crippen LogP contribution < -0.4 is 0 Å². The van der Waals surface area contributed by atoms with E-state index in [9.17, 15) is 14.0 Å². The molecule has 4 rings (SSSR count). The largest absolute Gasteiger partial charge is 0.462 e. The molecular formula is C26H28FN3O4. The molecule has 7 nitrogen and oxygen atoms in total. The average Bonchev–Trinajstić information content (AvgIpc) is 3.40. The number of aryl methyl sites for hydroxylation is 1. The molecule has 0 spiro atoms. The van der Waals surface area contributed by atoms with E-state index in [0.29, 0.717) is 18.7 Å². The van der Waals surface area contributed by atoms with Crippen LogP contribution in [0, 0.1) is 12.7 Å². The highest BCUT2D eigenvalue weighted by atomic mass is 19.1. The fourth-order valence-corrected chi connectivity index (χ4v) is 3.97. The first kappa shape index (κ1) is 23.5. The molecular weight excluding hydrogens is 437 g/mol. The lowest BCUT2D eigenvalue weighted by molar-refractivity contribution is 0.0306. The molecule has 1 aliphatic rings. The van der Waals surface area contributed by atoms with Crippen molar-refractivity contribution in [2.75, 3.05) is 19.7 Å². The van der Waals surface area contributed by atoms with Gasteiger partial charge in [-0.05, 0) is 69.5 Å². The first-order chi connectivity index (χ1) is 16.1. The molecule has 3 heterocycles. The number of carbonyl (C=O) groups is 2. The van der Waals surface area contributed by atoms with E-state index in [0.717, 1.165) is 28.0 Å². The molecule has 2 aromatic heterocycles. The number of carbonyl (C=O) groups excluding carboxylic acids is 2. The van der Waals surface area contributed by atoms with Crippen LogP contribution in [0.4, 0.5) is 9.18 Å². The molecule has 3 aromatic rings. The number of imidazole rings is 1. The zero-order valence-electron chi connectivity index (χ0n) is 20.0. The fraction of sp³-hybridized carbons (Fsp3) is 0.346. The number of pyridine rings is 1. The maximum Gasteiger partial charge on any atom is 0.410 e. The number of aromatic nitrogens is 2. The Hall–Kier alpha value is -3.68. The number of ether oxygens (including phenoxy) is 2. The minimum Gasteiger partial charge on any atom is -0.462 e. The van der Waals surface area contributed by atoms with Gasteiger partial charge in [-0.15, -0.1) is 0 Å². The highest BCUT2D eigenvalue weighted by molar-refractivity contribution is 6.00. The molecule has 1 aromatic carbocycles. The maximum absolute atomic E-state index is 14.1. The molecule has 0 aliphatic carbocycles. The van der Waals surface area contributed by atoms with Crippen LogP contribution in [0.2, 0.25) is 0 Å². The third kappa shape index (κ3) is 4.66. The number of halogens is 1. The quantitative estimate of drug-likeness (QED) is 0.492. The number of hydrogen-bond acceptors (Lipinski definition) is 5. The Balaban J connectivity index is 1.77. The summed E-state index contributed by atoms with van der Waals surface area (Å²) >= 11 is 0. The minimum atomic E-state index is -0.590. The van der Waals surface area contributed by atoms with Crippen LogP contribution in [0.3, 0.4) is 0 Å². The zero-order valence-corrected chi connectivity index (χ0v) is 20.0. The highest BCUT2D eigenvalue weighted by Crippen LogP contribution is 2.33. The molecule has 178 valence electrons. The van der Waals surface area contributed by atoms with Crippen LogP contribution in [-0.2, 0) is 9.47 Å². The second-order valence-corrected chi connectivity index (χ2v) is 9.20. The molecule has 8 heteroatoms. The van der Waals surface area contributed by atoms with Crippen molar-refractivity contribution in [3.05, 3.63) is 65.5 Å². The predicted molar refractivity (Wildman–Crippen MR) is 127 cm³/mol. The molecule has 1 amide bonds. The Morgan fingerprint density at radius 1 is 1.18 bits per heavy atom. The summed E-state index contributed by atoms with van der Waals surface area (Å²) in [5.74, 6) is -0.344. The Morgan fingerprint density at radius 2 is 1.94 bits per heavy atom. The van der Waals surface area contributed by atoms with E-state index < -0.39 is 17.4 Å². The Bertz CT molecular complexity index is 1300. The van der Waals surface area contributed by atoms with Crippen molar-refractivity contribution in [1.29, 1.82) is 0 Å². The van der Waals surface area contributed by atoms with Crippen molar-refractivity contribution >= 4 is 23.2 Å². The van der Waals surface area contributed by atoms with Gasteiger partial charge < -0.3 is 18.8 Å². The molecule has 0 fully saturated rings. The van der Waals surface area contributed by atoms with Crippen molar-refractivity contribution in [2.45, 2.75) is 40.2 Å². The zero-order chi connectivity index (χ0) is 24.6. The van der Waals surface area contributed by atoms with Crippen LogP contribution in [-0.4, -0.2) is 51.6 Å². The van der Waals surface area contributed by atoms with E-state index in [2.05, 4.69) is 4.98 Å². The molecule has 0 atom stereocenters. The highest BCUT2D eigenvalue weighted by Gasteiger charge is 2.27. The SMILES string of the molecule is CCOC(=O)c1cc(F)ccc1-c1cc(C2=CCN(C(=O)OC(C)(C)C)C2)cn2c(C)ncc12. The second-order valence-electron chi connectivity index (χ2n) is 9.20. The van der Waals surface area contributed by atoms with Crippen molar-refractivity contribution in [3.8, 4) is 11.1 Å². The number of rotatable bonds is 4. The molecule has 0 saturated heterocycles. The summed E-state index contributed by atoms with van der Waals surface area (Å²) in [6, 6.07) is 6.04. The van der Waals surface area contributed by atoms with Gasteiger partial charge in [0.1, 0.15) is 17.2 Å². The number of benzene rings is 1. The van der Waals surface area contributed by atoms with Gasteiger partial charge in [0.15, 0.2) is 0 Å². The molecule has 34 heavy (non-hydrogen) atoms.